The van der Waals surface area contributed by atoms with Crippen LogP contribution in [0.1, 0.15) is 16.8 Å². The van der Waals surface area contributed by atoms with E-state index in [-0.39, 0.29) is 11.3 Å². The van der Waals surface area contributed by atoms with Crippen LogP contribution in [0.5, 0.6) is 5.75 Å². The van der Waals surface area contributed by atoms with E-state index in [1.165, 1.54) is 25.3 Å². The summed E-state index contributed by atoms with van der Waals surface area (Å²) in [4.78, 5) is 22.6. The fraction of sp³-hybridized carbons (Fsp3) is 0.385. The highest BCUT2D eigenvalue weighted by atomic mass is 32.2. The van der Waals surface area contributed by atoms with Gasteiger partial charge in [0.25, 0.3) is 0 Å². The SMILES string of the molecule is COc1ccc(C(=O)O)cc1NC(=O)NCCCS(C)=O. The van der Waals surface area contributed by atoms with E-state index in [4.69, 9.17) is 9.84 Å². The third-order valence-corrected chi connectivity index (χ3v) is 3.45. The van der Waals surface area contributed by atoms with Crippen molar-refractivity contribution in [3.05, 3.63) is 23.8 Å². The van der Waals surface area contributed by atoms with Gasteiger partial charge in [-0.15, -0.1) is 0 Å². The number of ether oxygens (including phenoxy) is 1. The number of rotatable bonds is 7. The molecule has 0 saturated carbocycles. The van der Waals surface area contributed by atoms with Gasteiger partial charge in [0.15, 0.2) is 0 Å². The van der Waals surface area contributed by atoms with Gasteiger partial charge in [-0.2, -0.15) is 0 Å². The first-order valence-electron chi connectivity index (χ1n) is 6.20. The predicted molar refractivity (Wildman–Crippen MR) is 80.5 cm³/mol. The second-order valence-corrected chi connectivity index (χ2v) is 5.79. The van der Waals surface area contributed by atoms with Gasteiger partial charge in [0, 0.05) is 29.4 Å². The maximum atomic E-state index is 11.7. The minimum absolute atomic E-state index is 0.0486. The molecule has 21 heavy (non-hydrogen) atoms. The van der Waals surface area contributed by atoms with Gasteiger partial charge < -0.3 is 20.5 Å². The average Bonchev–Trinajstić information content (AvgIpc) is 2.43. The minimum atomic E-state index is -1.09. The van der Waals surface area contributed by atoms with Crippen LogP contribution in [-0.4, -0.2) is 47.0 Å². The summed E-state index contributed by atoms with van der Waals surface area (Å²) >= 11 is 0. The van der Waals surface area contributed by atoms with E-state index >= 15 is 0 Å². The van der Waals surface area contributed by atoms with Crippen molar-refractivity contribution in [2.45, 2.75) is 6.42 Å². The fourth-order valence-corrected chi connectivity index (χ4v) is 2.13. The molecule has 7 nitrogen and oxygen atoms in total. The maximum absolute atomic E-state index is 11.7. The van der Waals surface area contributed by atoms with E-state index < -0.39 is 22.8 Å². The van der Waals surface area contributed by atoms with Gasteiger partial charge in [-0.05, 0) is 24.6 Å². The Balaban J connectivity index is 2.63. The molecule has 1 unspecified atom stereocenters. The number of carbonyl (C=O) groups excluding carboxylic acids is 1. The molecule has 0 fully saturated rings. The van der Waals surface area contributed by atoms with Gasteiger partial charge in [-0.25, -0.2) is 9.59 Å². The van der Waals surface area contributed by atoms with Crippen LogP contribution < -0.4 is 15.4 Å². The van der Waals surface area contributed by atoms with E-state index in [2.05, 4.69) is 10.6 Å². The summed E-state index contributed by atoms with van der Waals surface area (Å²) in [7, 11) is 0.537. The van der Waals surface area contributed by atoms with Crippen molar-refractivity contribution in [1.29, 1.82) is 0 Å². The number of benzene rings is 1. The quantitative estimate of drug-likeness (QED) is 0.658. The van der Waals surface area contributed by atoms with Crippen LogP contribution in [0.2, 0.25) is 0 Å². The molecular formula is C13H18N2O5S. The molecule has 0 heterocycles. The van der Waals surface area contributed by atoms with Crippen LogP contribution in [0.25, 0.3) is 0 Å². The number of carboxylic acids is 1. The molecule has 0 radical (unpaired) electrons. The van der Waals surface area contributed by atoms with Crippen LogP contribution in [0.15, 0.2) is 18.2 Å². The Labute approximate surface area is 125 Å². The number of carboxylic acid groups (broad SMARTS) is 1. The van der Waals surface area contributed by atoms with E-state index in [1.807, 2.05) is 0 Å². The Hall–Kier alpha value is -2.09. The molecule has 0 saturated heterocycles. The maximum Gasteiger partial charge on any atom is 0.335 e. The standard InChI is InChI=1S/C13H18N2O5S/c1-20-11-5-4-9(12(16)17)8-10(11)15-13(18)14-6-3-7-21(2)19/h4-5,8H,3,6-7H2,1-2H3,(H,16,17)(H2,14,15,18). The van der Waals surface area contributed by atoms with Crippen molar-refractivity contribution in [2.24, 2.45) is 0 Å². The number of carbonyl (C=O) groups is 2. The van der Waals surface area contributed by atoms with E-state index in [1.54, 1.807) is 6.26 Å². The van der Waals surface area contributed by atoms with Gasteiger partial charge >= 0.3 is 12.0 Å². The molecule has 3 N–H and O–H groups in total. The molecule has 8 heteroatoms. The molecule has 0 aliphatic rings. The monoisotopic (exact) mass is 314 g/mol. The summed E-state index contributed by atoms with van der Waals surface area (Å²) in [5, 5.41) is 14.1. The van der Waals surface area contributed by atoms with Crippen molar-refractivity contribution in [3.8, 4) is 5.75 Å². The van der Waals surface area contributed by atoms with Crippen LogP contribution >= 0.6 is 0 Å². The zero-order valence-electron chi connectivity index (χ0n) is 11.8. The van der Waals surface area contributed by atoms with E-state index in [9.17, 15) is 13.8 Å². The average molecular weight is 314 g/mol. The van der Waals surface area contributed by atoms with Gasteiger partial charge in [0.05, 0.1) is 18.4 Å². The first-order valence-corrected chi connectivity index (χ1v) is 7.93. The highest BCUT2D eigenvalue weighted by molar-refractivity contribution is 7.84. The van der Waals surface area contributed by atoms with Gasteiger partial charge in [0.1, 0.15) is 5.75 Å². The summed E-state index contributed by atoms with van der Waals surface area (Å²) in [6.07, 6.45) is 2.20. The zero-order chi connectivity index (χ0) is 15.8. The summed E-state index contributed by atoms with van der Waals surface area (Å²) in [6, 6.07) is 3.71. The van der Waals surface area contributed by atoms with E-state index in [0.29, 0.717) is 24.5 Å². The van der Waals surface area contributed by atoms with E-state index in [0.717, 1.165) is 0 Å². The van der Waals surface area contributed by atoms with Crippen molar-refractivity contribution in [2.75, 3.05) is 31.0 Å². The Morgan fingerprint density at radius 1 is 1.38 bits per heavy atom. The van der Waals surface area contributed by atoms with Gasteiger partial charge in [-0.1, -0.05) is 0 Å². The topological polar surface area (TPSA) is 105 Å². The number of nitrogens with one attached hydrogen (secondary N) is 2. The molecule has 0 bridgehead atoms. The molecule has 1 rings (SSSR count). The Morgan fingerprint density at radius 2 is 2.10 bits per heavy atom. The predicted octanol–water partition coefficient (Wildman–Crippen LogP) is 1.28. The van der Waals surface area contributed by atoms with Crippen molar-refractivity contribution in [3.63, 3.8) is 0 Å². The summed E-state index contributed by atoms with van der Waals surface area (Å²) < 4.78 is 15.9. The third-order valence-electron chi connectivity index (χ3n) is 2.59. The molecule has 0 aliphatic carbocycles. The first-order chi connectivity index (χ1) is 9.93. The molecule has 0 spiro atoms. The van der Waals surface area contributed by atoms with Gasteiger partial charge in [0.2, 0.25) is 0 Å². The second kappa shape index (κ2) is 8.25. The zero-order valence-corrected chi connectivity index (χ0v) is 12.7. The fourth-order valence-electron chi connectivity index (χ4n) is 1.58. The molecule has 1 aromatic carbocycles. The Bertz CT molecular complexity index is 547. The number of hydrogen-bond donors (Lipinski definition) is 3. The summed E-state index contributed by atoms with van der Waals surface area (Å²) in [6.45, 7) is 0.381. The number of urea groups is 1. The number of hydrogen-bond acceptors (Lipinski definition) is 4. The molecule has 0 aliphatic heterocycles. The van der Waals surface area contributed by atoms with Crippen molar-refractivity contribution < 1.29 is 23.6 Å². The lowest BCUT2D eigenvalue weighted by atomic mass is 10.2. The lowest BCUT2D eigenvalue weighted by Gasteiger charge is -2.11. The smallest absolute Gasteiger partial charge is 0.335 e. The van der Waals surface area contributed by atoms with Crippen molar-refractivity contribution in [1.82, 2.24) is 5.32 Å². The van der Waals surface area contributed by atoms with Crippen LogP contribution in [0.3, 0.4) is 0 Å². The van der Waals surface area contributed by atoms with Crippen LogP contribution in [0, 0.1) is 0 Å². The minimum Gasteiger partial charge on any atom is -0.495 e. The lowest BCUT2D eigenvalue weighted by Crippen LogP contribution is -2.30. The third kappa shape index (κ3) is 5.82. The summed E-state index contributed by atoms with van der Waals surface area (Å²) in [5.74, 6) is -0.214. The summed E-state index contributed by atoms with van der Waals surface area (Å²) in [5.41, 5.74) is 0.321. The lowest BCUT2D eigenvalue weighted by molar-refractivity contribution is 0.0697. The molecule has 0 aromatic heterocycles. The highest BCUT2D eigenvalue weighted by Gasteiger charge is 2.11. The first kappa shape index (κ1) is 17.0. The van der Waals surface area contributed by atoms with Crippen molar-refractivity contribution >= 4 is 28.5 Å². The number of amides is 2. The molecule has 1 atom stereocenters. The molecule has 1 aromatic rings. The number of aromatic carboxylic acids is 1. The number of anilines is 1. The van der Waals surface area contributed by atoms with Crippen LogP contribution in [-0.2, 0) is 10.8 Å². The molecular weight excluding hydrogens is 296 g/mol. The number of methoxy groups -OCH3 is 1. The normalized spacial score (nSPS) is 11.5. The largest absolute Gasteiger partial charge is 0.495 e. The Morgan fingerprint density at radius 3 is 2.67 bits per heavy atom. The highest BCUT2D eigenvalue weighted by Crippen LogP contribution is 2.25. The van der Waals surface area contributed by atoms with Gasteiger partial charge in [-0.3, -0.25) is 4.21 Å². The molecule has 116 valence electrons. The molecule has 2 amide bonds. The second-order valence-electron chi connectivity index (χ2n) is 4.23. The van der Waals surface area contributed by atoms with Crippen LogP contribution in [0.4, 0.5) is 10.5 Å². The Kier molecular flexibility index (Phi) is 6.67.